The topological polar surface area (TPSA) is 122 Å². The minimum atomic E-state index is -0.583. The van der Waals surface area contributed by atoms with Gasteiger partial charge >= 0.3 is 0 Å². The van der Waals surface area contributed by atoms with E-state index in [1.165, 1.54) is 6.33 Å². The summed E-state index contributed by atoms with van der Waals surface area (Å²) in [6.45, 7) is 0. The van der Waals surface area contributed by atoms with E-state index >= 15 is 0 Å². The average Bonchev–Trinajstić information content (AvgIpc) is 3.45. The number of hydrogen-bond acceptors (Lipinski definition) is 7. The maximum Gasteiger partial charge on any atom is 0.280 e. The molecule has 180 valence electrons. The predicted octanol–water partition coefficient (Wildman–Crippen LogP) is 4.26. The highest BCUT2D eigenvalue weighted by Crippen LogP contribution is 2.26. The van der Waals surface area contributed by atoms with Crippen LogP contribution in [0.2, 0.25) is 0 Å². The van der Waals surface area contributed by atoms with Crippen LogP contribution < -0.4 is 10.7 Å². The van der Waals surface area contributed by atoms with Gasteiger partial charge in [0, 0.05) is 15.7 Å². The van der Waals surface area contributed by atoms with E-state index in [0.29, 0.717) is 17.2 Å². The molecule has 0 fully saturated rings. The number of carbonyl (C=O) groups is 3. The third-order valence-electron chi connectivity index (χ3n) is 5.84. The summed E-state index contributed by atoms with van der Waals surface area (Å²) < 4.78 is 2.65. The molecule has 3 heterocycles. The van der Waals surface area contributed by atoms with Crippen LogP contribution in [0, 0.1) is 0 Å². The monoisotopic (exact) mass is 553 g/mol. The Morgan fingerprint density at radius 1 is 0.865 bits per heavy atom. The molecular formula is C26H16BrN7O3. The molecule has 1 aliphatic heterocycles. The third-order valence-corrected chi connectivity index (χ3v) is 6.33. The molecule has 11 heteroatoms. The van der Waals surface area contributed by atoms with Crippen LogP contribution in [-0.4, -0.2) is 42.5 Å². The smallest absolute Gasteiger partial charge is 0.280 e. The van der Waals surface area contributed by atoms with Crippen molar-refractivity contribution in [2.45, 2.75) is 0 Å². The minimum Gasteiger partial charge on any atom is -0.340 e. The summed E-state index contributed by atoms with van der Waals surface area (Å²) in [6.07, 6.45) is 3.13. The zero-order chi connectivity index (χ0) is 25.5. The number of halogens is 1. The molecule has 2 aromatic heterocycles. The van der Waals surface area contributed by atoms with Crippen LogP contribution in [0.5, 0.6) is 0 Å². The van der Waals surface area contributed by atoms with Crippen LogP contribution in [-0.2, 0) is 0 Å². The van der Waals surface area contributed by atoms with Gasteiger partial charge in [0.25, 0.3) is 17.7 Å². The largest absolute Gasteiger partial charge is 0.340 e. The Labute approximate surface area is 218 Å². The number of fused-ring (bicyclic) bond motifs is 2. The number of hydrazine groups is 1. The normalized spacial score (nSPS) is 12.6. The Bertz CT molecular complexity index is 1680. The van der Waals surface area contributed by atoms with Crippen molar-refractivity contribution < 1.29 is 14.4 Å². The number of imide groups is 1. The van der Waals surface area contributed by atoms with Crippen molar-refractivity contribution in [3.8, 4) is 5.69 Å². The Hall–Kier alpha value is -4.90. The van der Waals surface area contributed by atoms with Crippen molar-refractivity contribution in [1.82, 2.24) is 30.2 Å². The summed E-state index contributed by atoms with van der Waals surface area (Å²) in [6, 6.07) is 20.7. The van der Waals surface area contributed by atoms with Crippen LogP contribution in [0.4, 0.5) is 11.5 Å². The number of carbonyl (C=O) groups excluding carboxylic acids is 3. The van der Waals surface area contributed by atoms with Gasteiger partial charge in [-0.05, 0) is 54.6 Å². The number of rotatable bonds is 5. The van der Waals surface area contributed by atoms with Gasteiger partial charge in [0.15, 0.2) is 5.65 Å². The molecule has 1 aliphatic rings. The van der Waals surface area contributed by atoms with Gasteiger partial charge in [0.05, 0.1) is 28.4 Å². The lowest BCUT2D eigenvalue weighted by Gasteiger charge is -2.15. The van der Waals surface area contributed by atoms with Crippen LogP contribution in [0.3, 0.4) is 0 Å². The van der Waals surface area contributed by atoms with Gasteiger partial charge in [-0.1, -0.05) is 34.1 Å². The number of aromatic nitrogens is 4. The second kappa shape index (κ2) is 8.95. The summed E-state index contributed by atoms with van der Waals surface area (Å²) in [5.41, 5.74) is 5.34. The molecule has 0 radical (unpaired) electrons. The Balaban J connectivity index is 1.19. The lowest BCUT2D eigenvalue weighted by atomic mass is 10.1. The van der Waals surface area contributed by atoms with E-state index < -0.39 is 17.7 Å². The molecule has 0 saturated carbocycles. The first-order chi connectivity index (χ1) is 18.0. The quantitative estimate of drug-likeness (QED) is 0.312. The summed E-state index contributed by atoms with van der Waals surface area (Å²) >= 11 is 3.47. The molecular weight excluding hydrogens is 538 g/mol. The van der Waals surface area contributed by atoms with Gasteiger partial charge in [-0.3, -0.25) is 19.8 Å². The summed E-state index contributed by atoms with van der Waals surface area (Å²) in [7, 11) is 0. The molecule has 10 nitrogen and oxygen atoms in total. The number of nitrogens with zero attached hydrogens (tertiary/aromatic N) is 5. The first-order valence-electron chi connectivity index (χ1n) is 11.1. The highest BCUT2D eigenvalue weighted by atomic mass is 79.9. The number of benzene rings is 3. The summed E-state index contributed by atoms with van der Waals surface area (Å²) in [5.74, 6) is -1.16. The fraction of sp³-hybridized carbons (Fsp3) is 0. The first-order valence-corrected chi connectivity index (χ1v) is 11.9. The van der Waals surface area contributed by atoms with Gasteiger partial charge in [0.2, 0.25) is 0 Å². The highest BCUT2D eigenvalue weighted by molar-refractivity contribution is 9.10. The van der Waals surface area contributed by atoms with E-state index in [-0.39, 0.29) is 16.7 Å². The molecule has 0 aliphatic carbocycles. The molecule has 3 aromatic carbocycles. The predicted molar refractivity (Wildman–Crippen MR) is 138 cm³/mol. The molecule has 6 rings (SSSR count). The van der Waals surface area contributed by atoms with Gasteiger partial charge in [-0.2, -0.15) is 10.1 Å². The van der Waals surface area contributed by atoms with Gasteiger partial charge < -0.3 is 5.32 Å². The van der Waals surface area contributed by atoms with Crippen molar-refractivity contribution >= 4 is 56.2 Å². The third kappa shape index (κ3) is 4.00. The lowest BCUT2D eigenvalue weighted by Crippen LogP contribution is -2.45. The van der Waals surface area contributed by atoms with Crippen molar-refractivity contribution in [3.63, 3.8) is 0 Å². The van der Waals surface area contributed by atoms with Crippen LogP contribution in [0.1, 0.15) is 31.1 Å². The molecule has 37 heavy (non-hydrogen) atoms. The Morgan fingerprint density at radius 2 is 1.59 bits per heavy atom. The van der Waals surface area contributed by atoms with Crippen molar-refractivity contribution in [3.05, 3.63) is 106 Å². The first kappa shape index (κ1) is 22.6. The second-order valence-corrected chi connectivity index (χ2v) is 9.05. The van der Waals surface area contributed by atoms with Crippen molar-refractivity contribution in [2.75, 3.05) is 5.32 Å². The molecule has 5 aromatic rings. The zero-order valence-corrected chi connectivity index (χ0v) is 20.5. The minimum absolute atomic E-state index is 0.256. The van der Waals surface area contributed by atoms with E-state index in [1.54, 1.807) is 59.4 Å². The highest BCUT2D eigenvalue weighted by Gasteiger charge is 2.36. The maximum absolute atomic E-state index is 12.7. The second-order valence-electron chi connectivity index (χ2n) is 8.13. The Kier molecular flexibility index (Phi) is 5.46. The molecule has 0 unspecified atom stereocenters. The number of nitrogens with one attached hydrogen (secondary N) is 2. The number of amides is 3. The SMILES string of the molecule is O=C(NN1C(=O)c2ccccc2C1=O)c1ccc(Nc2ncnc3c2cnn3-c2cccc(Br)c2)cc1. The van der Waals surface area contributed by atoms with Crippen molar-refractivity contribution in [1.29, 1.82) is 0 Å². The van der Waals surface area contributed by atoms with Crippen LogP contribution in [0.25, 0.3) is 16.7 Å². The lowest BCUT2D eigenvalue weighted by molar-refractivity contribution is 0.0518. The molecule has 0 atom stereocenters. The van der Waals surface area contributed by atoms with Gasteiger partial charge in [0.1, 0.15) is 12.1 Å². The molecule has 0 saturated heterocycles. The number of hydrogen-bond donors (Lipinski definition) is 2. The Morgan fingerprint density at radius 3 is 2.30 bits per heavy atom. The maximum atomic E-state index is 12.7. The van der Waals surface area contributed by atoms with Gasteiger partial charge in [-0.15, -0.1) is 0 Å². The van der Waals surface area contributed by atoms with E-state index in [9.17, 15) is 14.4 Å². The summed E-state index contributed by atoms with van der Waals surface area (Å²) in [5, 5.41) is 9.14. The van der Waals surface area contributed by atoms with E-state index in [1.807, 2.05) is 24.3 Å². The summed E-state index contributed by atoms with van der Waals surface area (Å²) in [4.78, 5) is 46.5. The van der Waals surface area contributed by atoms with Gasteiger partial charge in [-0.25, -0.2) is 14.6 Å². The standard InChI is InChI=1S/C26H16BrN7O3/c27-16-4-3-5-18(12-16)33-23-21(13-30-33)22(28-14-29-23)31-17-10-8-15(9-11-17)24(35)32-34-25(36)19-6-1-2-7-20(19)26(34)37/h1-14H,(H,32,35)(H,28,29,31). The molecule has 0 spiro atoms. The molecule has 2 N–H and O–H groups in total. The van der Waals surface area contributed by atoms with E-state index in [0.717, 1.165) is 20.6 Å². The molecule has 0 bridgehead atoms. The van der Waals surface area contributed by atoms with E-state index in [2.05, 4.69) is 41.7 Å². The fourth-order valence-electron chi connectivity index (χ4n) is 4.04. The zero-order valence-electron chi connectivity index (χ0n) is 18.9. The van der Waals surface area contributed by atoms with Crippen molar-refractivity contribution in [2.24, 2.45) is 0 Å². The number of anilines is 2. The molecule has 3 amide bonds. The fourth-order valence-corrected chi connectivity index (χ4v) is 4.43. The average molecular weight is 554 g/mol. The van der Waals surface area contributed by atoms with Crippen LogP contribution in [0.15, 0.2) is 89.8 Å². The van der Waals surface area contributed by atoms with E-state index in [4.69, 9.17) is 0 Å². The van der Waals surface area contributed by atoms with Crippen LogP contribution >= 0.6 is 15.9 Å².